The summed E-state index contributed by atoms with van der Waals surface area (Å²) in [6.45, 7) is 2.57. The highest BCUT2D eigenvalue weighted by atomic mass is 35.5. The molecule has 2 aromatic heterocycles. The van der Waals surface area contributed by atoms with Gasteiger partial charge in [-0.2, -0.15) is 13.2 Å². The van der Waals surface area contributed by atoms with E-state index in [1.807, 2.05) is 18.2 Å². The average Bonchev–Trinajstić information content (AvgIpc) is 3.33. The summed E-state index contributed by atoms with van der Waals surface area (Å²) in [4.78, 5) is 6.73. The number of nitrogens with one attached hydrogen (secondary N) is 1. The number of likely N-dealkylation sites (tertiary alicyclic amines) is 1. The molecule has 0 radical (unpaired) electrons. The molecule has 10 heteroatoms. The molecule has 3 aromatic rings. The zero-order chi connectivity index (χ0) is 23.9. The Morgan fingerprint density at radius 3 is 2.47 bits per heavy atom. The summed E-state index contributed by atoms with van der Waals surface area (Å²) in [5.41, 5.74) is 0.0119. The number of rotatable bonds is 5. The van der Waals surface area contributed by atoms with Gasteiger partial charge in [-0.1, -0.05) is 17.7 Å². The van der Waals surface area contributed by atoms with Gasteiger partial charge in [-0.3, -0.25) is 9.88 Å². The zero-order valence-electron chi connectivity index (χ0n) is 18.1. The van der Waals surface area contributed by atoms with Gasteiger partial charge in [0.05, 0.1) is 16.4 Å². The third-order valence-corrected chi connectivity index (χ3v) is 6.91. The quantitative estimate of drug-likeness (QED) is 0.466. The minimum Gasteiger partial charge on any atom is -0.365 e. The van der Waals surface area contributed by atoms with E-state index in [2.05, 4.69) is 25.4 Å². The molecule has 3 heterocycles. The SMILES string of the molecule is Fc1ccc(Cl)c(-c2cc(C(F)(F)F)c(N[C@@H]3C[C@@H]4CN(Cc5ccccn5)C[C@@H]4C3)nn2)c1. The smallest absolute Gasteiger partial charge is 0.365 e. The highest BCUT2D eigenvalue weighted by molar-refractivity contribution is 6.33. The minimum atomic E-state index is -4.65. The lowest BCUT2D eigenvalue weighted by Crippen LogP contribution is -2.26. The van der Waals surface area contributed by atoms with Crippen molar-refractivity contribution in [2.45, 2.75) is 31.6 Å². The molecule has 1 aliphatic heterocycles. The summed E-state index contributed by atoms with van der Waals surface area (Å²) in [6, 6.07) is 10.1. The Labute approximate surface area is 199 Å². The Balaban J connectivity index is 1.29. The lowest BCUT2D eigenvalue weighted by Gasteiger charge is -2.21. The van der Waals surface area contributed by atoms with Crippen LogP contribution >= 0.6 is 11.6 Å². The third kappa shape index (κ3) is 4.86. The fraction of sp³-hybridized carbons (Fsp3) is 0.375. The van der Waals surface area contributed by atoms with Crippen LogP contribution in [0.25, 0.3) is 11.3 Å². The molecule has 0 spiro atoms. The largest absolute Gasteiger partial charge is 0.420 e. The molecule has 0 amide bonds. The van der Waals surface area contributed by atoms with Gasteiger partial charge in [-0.05, 0) is 61.1 Å². The first kappa shape index (κ1) is 23.0. The summed E-state index contributed by atoms with van der Waals surface area (Å²) in [7, 11) is 0. The van der Waals surface area contributed by atoms with Crippen molar-refractivity contribution in [2.75, 3.05) is 18.4 Å². The van der Waals surface area contributed by atoms with Crippen LogP contribution in [0.15, 0.2) is 48.7 Å². The lowest BCUT2D eigenvalue weighted by atomic mass is 10.0. The average molecular weight is 492 g/mol. The second-order valence-corrected chi connectivity index (χ2v) is 9.37. The van der Waals surface area contributed by atoms with E-state index >= 15 is 0 Å². The molecular weight excluding hydrogens is 470 g/mol. The zero-order valence-corrected chi connectivity index (χ0v) is 18.8. The number of fused-ring (bicyclic) bond motifs is 1. The monoisotopic (exact) mass is 491 g/mol. The molecule has 3 atom stereocenters. The Hall–Kier alpha value is -2.78. The van der Waals surface area contributed by atoms with Gasteiger partial charge in [0.2, 0.25) is 0 Å². The fourth-order valence-electron chi connectivity index (χ4n) is 5.10. The Morgan fingerprint density at radius 1 is 1.03 bits per heavy atom. The minimum absolute atomic E-state index is 0.0645. The number of nitrogens with zero attached hydrogens (tertiary/aromatic N) is 4. The predicted octanol–water partition coefficient (Wildman–Crippen LogP) is 5.67. The molecule has 1 aliphatic carbocycles. The third-order valence-electron chi connectivity index (χ3n) is 6.58. The summed E-state index contributed by atoms with van der Waals surface area (Å²) >= 11 is 6.05. The van der Waals surface area contributed by atoms with Crippen molar-refractivity contribution in [3.8, 4) is 11.3 Å². The van der Waals surface area contributed by atoms with Crippen LogP contribution in [0, 0.1) is 17.7 Å². The van der Waals surface area contributed by atoms with Crippen molar-refractivity contribution in [3.63, 3.8) is 0 Å². The number of halogens is 5. The first-order chi connectivity index (χ1) is 16.3. The first-order valence-corrected chi connectivity index (χ1v) is 11.4. The number of alkyl halides is 3. The van der Waals surface area contributed by atoms with Crippen LogP contribution in [0.3, 0.4) is 0 Å². The van der Waals surface area contributed by atoms with Crippen LogP contribution in [-0.2, 0) is 12.7 Å². The van der Waals surface area contributed by atoms with Gasteiger partial charge in [0.1, 0.15) is 11.4 Å². The van der Waals surface area contributed by atoms with Crippen molar-refractivity contribution in [3.05, 3.63) is 70.8 Å². The van der Waals surface area contributed by atoms with Crippen LogP contribution in [0.1, 0.15) is 24.1 Å². The van der Waals surface area contributed by atoms with Crippen LogP contribution in [0.5, 0.6) is 0 Å². The molecule has 34 heavy (non-hydrogen) atoms. The van der Waals surface area contributed by atoms with Crippen molar-refractivity contribution < 1.29 is 17.6 Å². The highest BCUT2D eigenvalue weighted by Gasteiger charge is 2.42. The molecule has 5 nitrogen and oxygen atoms in total. The molecule has 2 fully saturated rings. The van der Waals surface area contributed by atoms with Gasteiger partial charge >= 0.3 is 6.18 Å². The molecule has 1 saturated heterocycles. The second kappa shape index (κ2) is 9.11. The second-order valence-electron chi connectivity index (χ2n) is 8.96. The van der Waals surface area contributed by atoms with Crippen molar-refractivity contribution in [2.24, 2.45) is 11.8 Å². The molecule has 1 N–H and O–H groups in total. The van der Waals surface area contributed by atoms with E-state index in [1.54, 1.807) is 6.20 Å². The highest BCUT2D eigenvalue weighted by Crippen LogP contribution is 2.42. The molecular formula is C24H22ClF4N5. The van der Waals surface area contributed by atoms with Crippen molar-refractivity contribution in [1.82, 2.24) is 20.1 Å². The van der Waals surface area contributed by atoms with E-state index in [9.17, 15) is 17.6 Å². The normalized spacial score (nSPS) is 22.7. The van der Waals surface area contributed by atoms with Crippen LogP contribution in [0.2, 0.25) is 5.02 Å². The Morgan fingerprint density at radius 2 is 1.79 bits per heavy atom. The Bertz CT molecular complexity index is 1160. The number of hydrogen-bond donors (Lipinski definition) is 1. The van der Waals surface area contributed by atoms with Gasteiger partial charge in [-0.15, -0.1) is 10.2 Å². The maximum absolute atomic E-state index is 13.9. The number of hydrogen-bond acceptors (Lipinski definition) is 5. The molecule has 5 rings (SSSR count). The van der Waals surface area contributed by atoms with Gasteiger partial charge in [0, 0.05) is 37.4 Å². The fourth-order valence-corrected chi connectivity index (χ4v) is 5.31. The number of anilines is 1. The molecule has 2 aliphatic rings. The number of aromatic nitrogens is 3. The summed E-state index contributed by atoms with van der Waals surface area (Å²) in [5, 5.41) is 10.8. The summed E-state index contributed by atoms with van der Waals surface area (Å²) in [5.74, 6) is -0.103. The van der Waals surface area contributed by atoms with Crippen molar-refractivity contribution >= 4 is 17.4 Å². The van der Waals surface area contributed by atoms with E-state index in [4.69, 9.17) is 11.6 Å². The van der Waals surface area contributed by atoms with E-state index in [-0.39, 0.29) is 28.1 Å². The predicted molar refractivity (Wildman–Crippen MR) is 121 cm³/mol. The molecule has 0 bridgehead atoms. The molecule has 178 valence electrons. The maximum Gasteiger partial charge on any atom is 0.420 e. The number of pyridine rings is 1. The number of benzene rings is 1. The van der Waals surface area contributed by atoms with Crippen LogP contribution in [-0.4, -0.2) is 39.2 Å². The lowest BCUT2D eigenvalue weighted by molar-refractivity contribution is -0.137. The first-order valence-electron chi connectivity index (χ1n) is 11.1. The van der Waals surface area contributed by atoms with Gasteiger partial charge in [-0.25, -0.2) is 4.39 Å². The van der Waals surface area contributed by atoms with Gasteiger partial charge in [0.15, 0.2) is 5.82 Å². The molecule has 1 saturated carbocycles. The standard InChI is InChI=1S/C24H22ClF4N5/c25-21-5-4-16(26)9-19(21)22-10-20(24(27,28)29)23(33-32-22)31-18-7-14-11-34(12-15(14)8-18)13-17-3-1-2-6-30-17/h1-6,9-10,14-15,18H,7-8,11-13H2,(H,31,33)/t14-,15+,18-. The van der Waals surface area contributed by atoms with E-state index in [0.29, 0.717) is 11.8 Å². The summed E-state index contributed by atoms with van der Waals surface area (Å²) in [6.07, 6.45) is -1.35. The molecule has 1 aromatic carbocycles. The van der Waals surface area contributed by atoms with Gasteiger partial charge in [0.25, 0.3) is 0 Å². The van der Waals surface area contributed by atoms with E-state index < -0.39 is 17.6 Å². The van der Waals surface area contributed by atoms with E-state index in [0.717, 1.165) is 56.4 Å². The van der Waals surface area contributed by atoms with Gasteiger partial charge < -0.3 is 5.32 Å². The molecule has 0 unspecified atom stereocenters. The van der Waals surface area contributed by atoms with E-state index in [1.165, 1.54) is 6.07 Å². The van der Waals surface area contributed by atoms with Crippen molar-refractivity contribution in [1.29, 1.82) is 0 Å². The topological polar surface area (TPSA) is 53.9 Å². The Kier molecular flexibility index (Phi) is 6.16. The van der Waals surface area contributed by atoms with Crippen LogP contribution < -0.4 is 5.32 Å². The maximum atomic E-state index is 13.9. The summed E-state index contributed by atoms with van der Waals surface area (Å²) < 4.78 is 55.2. The van der Waals surface area contributed by atoms with Crippen LogP contribution in [0.4, 0.5) is 23.4 Å².